The first kappa shape index (κ1) is 12.7. The number of amides is 2. The summed E-state index contributed by atoms with van der Waals surface area (Å²) in [5, 5.41) is 10.9. The van der Waals surface area contributed by atoms with Crippen LogP contribution in [0.1, 0.15) is 16.8 Å². The van der Waals surface area contributed by atoms with Gasteiger partial charge in [-0.25, -0.2) is 0 Å². The van der Waals surface area contributed by atoms with Crippen molar-refractivity contribution in [1.82, 2.24) is 9.88 Å². The zero-order valence-electron chi connectivity index (χ0n) is 10.8. The first-order valence-corrected chi connectivity index (χ1v) is 6.39. The van der Waals surface area contributed by atoms with Crippen LogP contribution in [0.4, 0.5) is 0 Å². The number of nitrogens with two attached hydrogens (primary N) is 1. The van der Waals surface area contributed by atoms with Gasteiger partial charge >= 0.3 is 0 Å². The summed E-state index contributed by atoms with van der Waals surface area (Å²) in [6, 6.07) is 7.25. The molecule has 0 radical (unpaired) electrons. The van der Waals surface area contributed by atoms with Gasteiger partial charge in [-0.1, -0.05) is 6.07 Å². The first-order valence-electron chi connectivity index (χ1n) is 6.39. The first-order chi connectivity index (χ1) is 9.51. The SMILES string of the molecule is NC(=O)C1(O)CCN(C(=O)c2cccc3[nH]ccc23)C1. The number of benzene rings is 1. The van der Waals surface area contributed by atoms with E-state index in [1.807, 2.05) is 12.1 Å². The van der Waals surface area contributed by atoms with Crippen molar-refractivity contribution in [2.75, 3.05) is 13.1 Å². The fourth-order valence-corrected chi connectivity index (χ4v) is 2.61. The van der Waals surface area contributed by atoms with Crippen LogP contribution in [0, 0.1) is 0 Å². The normalized spacial score (nSPS) is 22.4. The molecular formula is C14H15N3O3. The fraction of sp³-hybridized carbons (Fsp3) is 0.286. The lowest BCUT2D eigenvalue weighted by atomic mass is 10.0. The molecule has 0 saturated carbocycles. The maximum Gasteiger partial charge on any atom is 0.254 e. The largest absolute Gasteiger partial charge is 0.378 e. The number of hydrogen-bond donors (Lipinski definition) is 3. The second-order valence-corrected chi connectivity index (χ2v) is 5.12. The van der Waals surface area contributed by atoms with Gasteiger partial charge in [-0.3, -0.25) is 9.59 Å². The molecule has 4 N–H and O–H groups in total. The minimum atomic E-state index is -1.61. The maximum absolute atomic E-state index is 12.5. The van der Waals surface area contributed by atoms with Crippen molar-refractivity contribution in [3.63, 3.8) is 0 Å². The molecule has 1 aliphatic rings. The quantitative estimate of drug-likeness (QED) is 0.730. The van der Waals surface area contributed by atoms with E-state index in [9.17, 15) is 14.7 Å². The minimum Gasteiger partial charge on any atom is -0.378 e. The van der Waals surface area contributed by atoms with Gasteiger partial charge in [0.1, 0.15) is 0 Å². The molecule has 20 heavy (non-hydrogen) atoms. The molecule has 1 unspecified atom stereocenters. The molecule has 0 spiro atoms. The van der Waals surface area contributed by atoms with Gasteiger partial charge in [0.25, 0.3) is 11.8 Å². The molecule has 104 valence electrons. The Labute approximate surface area is 115 Å². The van der Waals surface area contributed by atoms with Gasteiger partial charge in [0.2, 0.25) is 0 Å². The topological polar surface area (TPSA) is 99.4 Å². The third kappa shape index (κ3) is 1.85. The number of carbonyl (C=O) groups excluding carboxylic acids is 2. The summed E-state index contributed by atoms with van der Waals surface area (Å²) >= 11 is 0. The number of primary amides is 1. The second-order valence-electron chi connectivity index (χ2n) is 5.12. The van der Waals surface area contributed by atoms with E-state index in [-0.39, 0.29) is 18.9 Å². The highest BCUT2D eigenvalue weighted by molar-refractivity contribution is 6.06. The van der Waals surface area contributed by atoms with Crippen molar-refractivity contribution in [2.45, 2.75) is 12.0 Å². The van der Waals surface area contributed by atoms with Crippen molar-refractivity contribution in [3.05, 3.63) is 36.0 Å². The summed E-state index contributed by atoms with van der Waals surface area (Å²) in [6.45, 7) is 0.265. The van der Waals surface area contributed by atoms with Crippen LogP contribution >= 0.6 is 0 Å². The van der Waals surface area contributed by atoms with Gasteiger partial charge in [-0.2, -0.15) is 0 Å². The lowest BCUT2D eigenvalue weighted by Crippen LogP contribution is -2.46. The Morgan fingerprint density at radius 1 is 1.35 bits per heavy atom. The molecule has 3 rings (SSSR count). The number of hydrogen-bond acceptors (Lipinski definition) is 3. The number of carbonyl (C=O) groups is 2. The van der Waals surface area contributed by atoms with E-state index < -0.39 is 11.5 Å². The van der Waals surface area contributed by atoms with Crippen molar-refractivity contribution < 1.29 is 14.7 Å². The highest BCUT2D eigenvalue weighted by Crippen LogP contribution is 2.25. The number of aliphatic hydroxyl groups is 1. The lowest BCUT2D eigenvalue weighted by Gasteiger charge is -2.20. The average Bonchev–Trinajstić information content (AvgIpc) is 3.04. The molecule has 1 saturated heterocycles. The van der Waals surface area contributed by atoms with Crippen molar-refractivity contribution in [2.24, 2.45) is 5.73 Å². The molecule has 2 heterocycles. The Kier molecular flexibility index (Phi) is 2.76. The van der Waals surface area contributed by atoms with E-state index >= 15 is 0 Å². The van der Waals surface area contributed by atoms with Crippen LogP contribution in [0.3, 0.4) is 0 Å². The smallest absolute Gasteiger partial charge is 0.254 e. The van der Waals surface area contributed by atoms with E-state index in [1.165, 1.54) is 4.90 Å². The van der Waals surface area contributed by atoms with Gasteiger partial charge in [0.15, 0.2) is 5.60 Å². The molecule has 1 aromatic carbocycles. The standard InChI is InChI=1S/C14H15N3O3/c15-13(19)14(20)5-7-17(8-14)12(18)10-2-1-3-11-9(10)4-6-16-11/h1-4,6,16,20H,5,7-8H2,(H2,15,19). The van der Waals surface area contributed by atoms with Gasteiger partial charge in [-0.15, -0.1) is 0 Å². The van der Waals surface area contributed by atoms with Crippen LogP contribution < -0.4 is 5.73 Å². The molecule has 6 heteroatoms. The van der Waals surface area contributed by atoms with Crippen molar-refractivity contribution in [3.8, 4) is 0 Å². The number of nitrogens with one attached hydrogen (secondary N) is 1. The predicted octanol–water partition coefficient (Wildman–Crippen LogP) is 0.230. The molecule has 1 aromatic heterocycles. The predicted molar refractivity (Wildman–Crippen MR) is 73.0 cm³/mol. The number of likely N-dealkylation sites (tertiary alicyclic amines) is 1. The van der Waals surface area contributed by atoms with Crippen LogP contribution in [0.5, 0.6) is 0 Å². The minimum absolute atomic E-state index is 0.0536. The number of H-pyrrole nitrogens is 1. The van der Waals surface area contributed by atoms with Gasteiger partial charge in [0.05, 0.1) is 6.54 Å². The third-order valence-electron chi connectivity index (χ3n) is 3.82. The van der Waals surface area contributed by atoms with Crippen LogP contribution in [-0.4, -0.2) is 45.5 Å². The van der Waals surface area contributed by atoms with Crippen molar-refractivity contribution >= 4 is 22.7 Å². The molecule has 1 aliphatic heterocycles. The average molecular weight is 273 g/mol. The summed E-state index contributed by atoms with van der Waals surface area (Å²) in [5.41, 5.74) is 4.99. The highest BCUT2D eigenvalue weighted by Gasteiger charge is 2.43. The Morgan fingerprint density at radius 2 is 2.15 bits per heavy atom. The third-order valence-corrected chi connectivity index (χ3v) is 3.82. The second kappa shape index (κ2) is 4.35. The lowest BCUT2D eigenvalue weighted by molar-refractivity contribution is -0.134. The number of β-amino-alcohol motifs (C(OH)–C–C–N with tert-alkyl or cyclic N) is 1. The Balaban J connectivity index is 1.91. The van der Waals surface area contributed by atoms with Crippen LogP contribution in [0.2, 0.25) is 0 Å². The van der Waals surface area contributed by atoms with Crippen LogP contribution in [0.15, 0.2) is 30.5 Å². The molecule has 1 atom stereocenters. The summed E-state index contributed by atoms with van der Waals surface area (Å²) < 4.78 is 0. The summed E-state index contributed by atoms with van der Waals surface area (Å²) in [7, 11) is 0. The molecule has 2 aromatic rings. The van der Waals surface area contributed by atoms with Crippen LogP contribution in [-0.2, 0) is 4.79 Å². The Hall–Kier alpha value is -2.34. The van der Waals surface area contributed by atoms with Crippen molar-refractivity contribution in [1.29, 1.82) is 0 Å². The Bertz CT molecular complexity index is 694. The molecular weight excluding hydrogens is 258 g/mol. The summed E-state index contributed by atoms with van der Waals surface area (Å²) in [5.74, 6) is -0.986. The molecule has 1 fully saturated rings. The maximum atomic E-state index is 12.5. The Morgan fingerprint density at radius 3 is 2.85 bits per heavy atom. The van der Waals surface area contributed by atoms with E-state index in [0.29, 0.717) is 12.1 Å². The van der Waals surface area contributed by atoms with Crippen LogP contribution in [0.25, 0.3) is 10.9 Å². The number of rotatable bonds is 2. The molecule has 0 bridgehead atoms. The number of nitrogens with zero attached hydrogens (tertiary/aromatic N) is 1. The monoisotopic (exact) mass is 273 g/mol. The van der Waals surface area contributed by atoms with E-state index in [2.05, 4.69) is 4.98 Å². The summed E-state index contributed by atoms with van der Waals surface area (Å²) in [4.78, 5) is 28.3. The zero-order chi connectivity index (χ0) is 14.3. The number of aromatic nitrogens is 1. The van der Waals surface area contributed by atoms with E-state index in [1.54, 1.807) is 18.3 Å². The van der Waals surface area contributed by atoms with Gasteiger partial charge in [0, 0.05) is 35.6 Å². The van der Waals surface area contributed by atoms with Gasteiger partial charge in [-0.05, 0) is 18.2 Å². The van der Waals surface area contributed by atoms with E-state index in [4.69, 9.17) is 5.73 Å². The molecule has 6 nitrogen and oxygen atoms in total. The molecule has 0 aliphatic carbocycles. The number of aromatic amines is 1. The number of fused-ring (bicyclic) bond motifs is 1. The molecule has 2 amide bonds. The summed E-state index contributed by atoms with van der Waals surface area (Å²) in [6.07, 6.45) is 1.95. The van der Waals surface area contributed by atoms with Gasteiger partial charge < -0.3 is 20.7 Å². The fourth-order valence-electron chi connectivity index (χ4n) is 2.61. The van der Waals surface area contributed by atoms with E-state index in [0.717, 1.165) is 10.9 Å². The highest BCUT2D eigenvalue weighted by atomic mass is 16.3. The zero-order valence-corrected chi connectivity index (χ0v) is 10.8.